The number of nitrogens with two attached hydrogens (primary N) is 1. The average molecular weight is 1400 g/mol. The van der Waals surface area contributed by atoms with Gasteiger partial charge in [-0.2, -0.15) is 23.5 Å². The van der Waals surface area contributed by atoms with Crippen LogP contribution < -0.4 is 43.0 Å². The molecule has 2 bridgehead atoms. The molecule has 5 heterocycles. The second kappa shape index (κ2) is 34.6. The van der Waals surface area contributed by atoms with Crippen molar-refractivity contribution in [3.8, 4) is 5.75 Å². The molecule has 7 aromatic rings. The van der Waals surface area contributed by atoms with Gasteiger partial charge in [-0.05, 0) is 122 Å². The number of imidazole rings is 1. The smallest absolute Gasteiger partial charge is 0.305 e. The van der Waals surface area contributed by atoms with E-state index in [0.29, 0.717) is 82.1 Å². The van der Waals surface area contributed by atoms with E-state index >= 15 is 19.2 Å². The van der Waals surface area contributed by atoms with E-state index in [1.807, 2.05) is 18.2 Å². The van der Waals surface area contributed by atoms with Crippen LogP contribution in [0.1, 0.15) is 85.4 Å². The Morgan fingerprint density at radius 2 is 1.27 bits per heavy atom. The third-order valence-electron chi connectivity index (χ3n) is 17.6. The van der Waals surface area contributed by atoms with Gasteiger partial charge in [-0.25, -0.2) is 13.8 Å². The number of phenols is 1. The van der Waals surface area contributed by atoms with Crippen molar-refractivity contribution in [1.82, 2.24) is 67.0 Å². The van der Waals surface area contributed by atoms with E-state index in [-0.39, 0.29) is 68.3 Å². The molecule has 2 aliphatic heterocycles. The number of nitrogens with zero attached hydrogens (tertiary/aromatic N) is 3. The lowest BCUT2D eigenvalue weighted by Crippen LogP contribution is -2.62. The number of halogens is 2. The number of hydrogen-bond acceptors (Lipinski definition) is 15. The SMILES string of the molecule is CN1C(=O)[C@H](Cc2cnc[nH]2)NC(=O)[C@H](CC(=O)O)NC(=O)[C@H](Cc2c[nH]c3ccc(F)cc23)NC(=O)[C@H](Cc2c[nH]c3ccc(F)cc23)NC(=O)CNC(=O)[C@H](CCCCN)NC(=O)CCSCc2cccc(c2)CSCCNC(=O)[C@]2(C)CCCN2C(=O)[C@@H]1Cc1ccc(O)cc1. The van der Waals surface area contributed by atoms with Crippen molar-refractivity contribution in [3.05, 3.63) is 155 Å². The van der Waals surface area contributed by atoms with E-state index in [1.165, 1.54) is 97.2 Å². The first kappa shape index (κ1) is 73.4. The molecule has 1 saturated heterocycles. The Labute approximate surface area is 577 Å². The monoisotopic (exact) mass is 1400 g/mol. The summed E-state index contributed by atoms with van der Waals surface area (Å²) in [6.45, 7) is 1.66. The maximum atomic E-state index is 15.3. The molecule has 30 heteroatoms. The minimum atomic E-state index is -2.01. The molecule has 0 spiro atoms. The lowest BCUT2D eigenvalue weighted by Gasteiger charge is -2.39. The summed E-state index contributed by atoms with van der Waals surface area (Å²) in [5.74, 6) is -8.14. The van der Waals surface area contributed by atoms with Crippen LogP contribution in [0.5, 0.6) is 5.75 Å². The number of nitrogens with one attached hydrogen (secondary N) is 10. The summed E-state index contributed by atoms with van der Waals surface area (Å²) in [5.41, 5.74) is 8.75. The number of thioether (sulfide) groups is 2. The third kappa shape index (κ3) is 20.0. The minimum Gasteiger partial charge on any atom is -0.508 e. The first-order chi connectivity index (χ1) is 47.5. The van der Waals surface area contributed by atoms with Gasteiger partial charge in [0.1, 0.15) is 59.2 Å². The second-order valence-corrected chi connectivity index (χ2v) is 27.1. The van der Waals surface area contributed by atoms with Crippen molar-refractivity contribution in [3.63, 3.8) is 0 Å². The van der Waals surface area contributed by atoms with Crippen LogP contribution >= 0.6 is 23.5 Å². The molecule has 9 amide bonds. The summed E-state index contributed by atoms with van der Waals surface area (Å²) < 4.78 is 29.8. The number of carboxylic acid groups (broad SMARTS) is 1. The van der Waals surface area contributed by atoms with Gasteiger partial charge in [0.05, 0.1) is 19.3 Å². The quantitative estimate of drug-likeness (QED) is 0.0691. The minimum absolute atomic E-state index is 0.0560. The molecule has 14 N–H and O–H groups in total. The Balaban J connectivity index is 1.05. The Kier molecular flexibility index (Phi) is 25.7. The van der Waals surface area contributed by atoms with Gasteiger partial charge >= 0.3 is 5.97 Å². The van der Waals surface area contributed by atoms with Crippen LogP contribution in [-0.2, 0) is 85.1 Å². The van der Waals surface area contributed by atoms with Crippen LogP contribution in [0.2, 0.25) is 0 Å². The fourth-order valence-corrected chi connectivity index (χ4v) is 13.9. The van der Waals surface area contributed by atoms with E-state index < -0.39 is 132 Å². The van der Waals surface area contributed by atoms with Crippen LogP contribution in [0.25, 0.3) is 21.8 Å². The molecule has 3 aromatic heterocycles. The molecule has 526 valence electrons. The van der Waals surface area contributed by atoms with Crippen LogP contribution in [0.15, 0.2) is 110 Å². The number of hydrogen-bond donors (Lipinski definition) is 13. The topological polar surface area (TPSA) is 388 Å². The van der Waals surface area contributed by atoms with E-state index in [1.54, 1.807) is 30.8 Å². The lowest BCUT2D eigenvalue weighted by atomic mass is 9.95. The number of aromatic hydroxyl groups is 1. The Morgan fingerprint density at radius 3 is 1.90 bits per heavy atom. The number of carboxylic acids is 1. The highest BCUT2D eigenvalue weighted by Crippen LogP contribution is 2.32. The van der Waals surface area contributed by atoms with Crippen LogP contribution in [0.3, 0.4) is 0 Å². The molecule has 4 aromatic carbocycles. The fourth-order valence-electron chi connectivity index (χ4n) is 12.2. The molecule has 99 heavy (non-hydrogen) atoms. The molecular weight excluding hydrogens is 1320 g/mol. The van der Waals surface area contributed by atoms with Gasteiger partial charge in [0.2, 0.25) is 53.2 Å². The molecule has 1 fully saturated rings. The zero-order valence-electron chi connectivity index (χ0n) is 54.8. The maximum absolute atomic E-state index is 15.3. The van der Waals surface area contributed by atoms with Gasteiger partial charge in [0.15, 0.2) is 0 Å². The number of unbranched alkanes of at least 4 members (excludes halogenated alkanes) is 1. The first-order valence-electron chi connectivity index (χ1n) is 32.6. The van der Waals surface area contributed by atoms with E-state index in [4.69, 9.17) is 5.73 Å². The van der Waals surface area contributed by atoms with Gasteiger partial charge in [-0.15, -0.1) is 0 Å². The number of likely N-dealkylation sites (N-methyl/N-ethyl adjacent to an activating group) is 1. The summed E-state index contributed by atoms with van der Waals surface area (Å²) in [5, 5.41) is 39.9. The van der Waals surface area contributed by atoms with E-state index in [0.717, 1.165) is 16.0 Å². The highest BCUT2D eigenvalue weighted by Gasteiger charge is 2.49. The van der Waals surface area contributed by atoms with Gasteiger partial charge in [-0.1, -0.05) is 36.4 Å². The molecule has 0 radical (unpaired) electrons. The van der Waals surface area contributed by atoms with Gasteiger partial charge < -0.3 is 77.9 Å². The normalized spacial score (nSPS) is 22.3. The molecular formula is C69H82F2N14O12S2. The first-order valence-corrected chi connectivity index (χ1v) is 34.9. The van der Waals surface area contributed by atoms with Gasteiger partial charge in [-0.3, -0.25) is 47.9 Å². The van der Waals surface area contributed by atoms with E-state index in [2.05, 4.69) is 63.2 Å². The number of fused-ring (bicyclic) bond motifs is 5. The Morgan fingerprint density at radius 1 is 0.667 bits per heavy atom. The molecule has 0 saturated carbocycles. The molecule has 7 atom stereocenters. The van der Waals surface area contributed by atoms with Crippen molar-refractivity contribution in [2.24, 2.45) is 5.73 Å². The zero-order valence-corrected chi connectivity index (χ0v) is 56.4. The summed E-state index contributed by atoms with van der Waals surface area (Å²) in [6.07, 6.45) is 5.19. The predicted octanol–water partition coefficient (Wildman–Crippen LogP) is 3.67. The number of benzene rings is 4. The summed E-state index contributed by atoms with van der Waals surface area (Å²) >= 11 is 3.11. The zero-order chi connectivity index (χ0) is 70.8. The van der Waals surface area contributed by atoms with Crippen molar-refractivity contribution >= 4 is 104 Å². The van der Waals surface area contributed by atoms with Crippen molar-refractivity contribution in [2.45, 2.75) is 131 Å². The summed E-state index contributed by atoms with van der Waals surface area (Å²) in [7, 11) is 1.35. The van der Waals surface area contributed by atoms with Crippen molar-refractivity contribution in [2.75, 3.05) is 44.7 Å². The maximum Gasteiger partial charge on any atom is 0.305 e. The number of amides is 9. The number of aliphatic carboxylic acids is 1. The largest absolute Gasteiger partial charge is 0.508 e. The van der Waals surface area contributed by atoms with Crippen LogP contribution in [0, 0.1) is 11.6 Å². The predicted molar refractivity (Wildman–Crippen MR) is 368 cm³/mol. The standard InChI is InChI=1S/C69H82F2N14O12S2/c1-69-19-6-22-85(69)67(96)58(26-40-10-14-48(86)15-11-40)84(2)66(95)57(31-47-35-73-39-78-47)83-65(94)56(32-61(89)90)82-64(93)55(28-44-34-76-52-17-13-46(71)30-50(44)52)81-63(92)54(27-43-33-75-51-16-12-45(70)29-49(43)51)80-60(88)36-77-62(91)53(9-3-4-20-72)79-59(87)18-23-98-37-41-7-5-8-42(25-41)38-99-24-21-74-68(69)97/h5,7-8,10-17,25,29-30,33-35,39,53-58,75-76,86H,3-4,6,9,18-24,26-28,31-32,36-38,72H2,1-2H3,(H,73,78)(H,74,97)(H,77,91)(H,79,87)(H,80,88)(H,81,92)(H,82,93)(H,83,94)(H,89,90)/t53-,54-,55-,56-,57-,58-,69-/m0/s1. The van der Waals surface area contributed by atoms with Gasteiger partial charge in [0.25, 0.3) is 0 Å². The average Bonchev–Trinajstić information content (AvgIpc) is 1.73. The number of carbonyl (C=O) groups is 10. The van der Waals surface area contributed by atoms with Crippen LogP contribution in [0.4, 0.5) is 8.78 Å². The second-order valence-electron chi connectivity index (χ2n) is 24.9. The molecule has 2 aliphatic rings. The number of H-pyrrole nitrogens is 3. The number of aromatic amines is 3. The summed E-state index contributed by atoms with van der Waals surface area (Å²) in [4.78, 5) is 160. The highest BCUT2D eigenvalue weighted by molar-refractivity contribution is 7.98. The lowest BCUT2D eigenvalue weighted by molar-refractivity contribution is -0.152. The number of phenolic OH excluding ortho intramolecular Hbond substituents is 1. The third-order valence-corrected chi connectivity index (χ3v) is 19.7. The van der Waals surface area contributed by atoms with Crippen molar-refractivity contribution < 1.29 is 66.9 Å². The summed E-state index contributed by atoms with van der Waals surface area (Å²) in [6, 6.07) is 12.2. The number of aromatic nitrogens is 4. The van der Waals surface area contributed by atoms with Crippen LogP contribution in [-0.4, -0.2) is 186 Å². The Hall–Kier alpha value is -9.81. The number of rotatable bonds is 14. The Bertz CT molecular complexity index is 4040. The highest BCUT2D eigenvalue weighted by atomic mass is 32.2. The number of carbonyl (C=O) groups excluding carboxylic acids is 9. The van der Waals surface area contributed by atoms with Gasteiger partial charge in [0, 0.05) is 121 Å². The fraction of sp³-hybridized carbons (Fsp3) is 0.406. The van der Waals surface area contributed by atoms with E-state index in [9.17, 15) is 47.8 Å². The molecule has 9 rings (SSSR count). The molecule has 0 unspecified atom stereocenters. The molecule has 0 aliphatic carbocycles. The molecule has 26 nitrogen and oxygen atoms in total. The van der Waals surface area contributed by atoms with Crippen molar-refractivity contribution in [1.29, 1.82) is 0 Å².